The van der Waals surface area contributed by atoms with E-state index in [9.17, 15) is 18.0 Å². The fraction of sp³-hybridized carbons (Fsp3) is 0.316. The molecule has 11 heteroatoms. The van der Waals surface area contributed by atoms with E-state index in [1.807, 2.05) is 0 Å². The van der Waals surface area contributed by atoms with Gasteiger partial charge in [0.25, 0.3) is 11.8 Å². The van der Waals surface area contributed by atoms with E-state index in [1.54, 1.807) is 30.0 Å². The first-order valence-corrected chi connectivity index (χ1v) is 11.1. The molecule has 30 heavy (non-hydrogen) atoms. The van der Waals surface area contributed by atoms with Crippen LogP contribution in [0.4, 0.5) is 5.69 Å². The van der Waals surface area contributed by atoms with Crippen molar-refractivity contribution >= 4 is 39.1 Å². The molecule has 0 aliphatic carbocycles. The maximum absolute atomic E-state index is 13.2. The summed E-state index contributed by atoms with van der Waals surface area (Å²) in [6, 6.07) is 7.77. The van der Waals surface area contributed by atoms with Crippen LogP contribution < -0.4 is 10.1 Å². The topological polar surface area (TPSA) is 109 Å². The van der Waals surface area contributed by atoms with E-state index >= 15 is 0 Å². The van der Waals surface area contributed by atoms with Crippen molar-refractivity contribution in [3.8, 4) is 5.75 Å². The summed E-state index contributed by atoms with van der Waals surface area (Å²) < 4.78 is 33.1. The van der Waals surface area contributed by atoms with Crippen LogP contribution in [0, 0.1) is 0 Å². The molecule has 1 aromatic heterocycles. The molecule has 4 rings (SSSR count). The van der Waals surface area contributed by atoms with Gasteiger partial charge in [0, 0.05) is 38.4 Å². The number of nitrogens with zero attached hydrogens (tertiary/aromatic N) is 3. The van der Waals surface area contributed by atoms with E-state index in [1.165, 1.54) is 22.6 Å². The maximum atomic E-state index is 13.2. The Hall–Kier alpha value is -2.69. The third-order valence-electron chi connectivity index (χ3n) is 4.99. The normalized spacial score (nSPS) is 19.6. The minimum absolute atomic E-state index is 0.0146. The fourth-order valence-corrected chi connectivity index (χ4v) is 5.27. The Morgan fingerprint density at radius 2 is 1.97 bits per heavy atom. The molecule has 158 valence electrons. The SMILES string of the molecule is C[C@H]1Oc2cc(S(=O)(=O)N3CCN(C(=O)c4ccccn4)CC3)c(Cl)cc2NC1=O. The second kappa shape index (κ2) is 7.86. The summed E-state index contributed by atoms with van der Waals surface area (Å²) in [5.74, 6) is -0.325. The van der Waals surface area contributed by atoms with Gasteiger partial charge < -0.3 is 15.0 Å². The summed E-state index contributed by atoms with van der Waals surface area (Å²) in [4.78, 5) is 29.8. The van der Waals surface area contributed by atoms with Gasteiger partial charge >= 0.3 is 0 Å². The van der Waals surface area contributed by atoms with E-state index in [4.69, 9.17) is 16.3 Å². The maximum Gasteiger partial charge on any atom is 0.272 e. The average molecular weight is 451 g/mol. The number of piperazine rings is 1. The molecule has 9 nitrogen and oxygen atoms in total. The minimum atomic E-state index is -3.92. The molecule has 2 aromatic rings. The molecule has 0 spiro atoms. The van der Waals surface area contributed by atoms with Gasteiger partial charge in [0.1, 0.15) is 16.3 Å². The Balaban J connectivity index is 1.52. The van der Waals surface area contributed by atoms with Crippen LogP contribution in [0.25, 0.3) is 0 Å². The molecular formula is C19H19ClN4O5S. The standard InChI is InChI=1S/C19H19ClN4O5S/c1-12-18(25)22-15-10-13(20)17(11-16(15)29-12)30(27,28)24-8-6-23(7-9-24)19(26)14-4-2-3-5-21-14/h2-5,10-12H,6-9H2,1H3,(H,22,25)/t12-/m1/s1. The molecule has 1 fully saturated rings. The molecule has 3 heterocycles. The lowest BCUT2D eigenvalue weighted by Gasteiger charge is -2.34. The van der Waals surface area contributed by atoms with Crippen molar-refractivity contribution in [2.75, 3.05) is 31.5 Å². The number of rotatable bonds is 3. The van der Waals surface area contributed by atoms with Crippen LogP contribution in [0.2, 0.25) is 5.02 Å². The van der Waals surface area contributed by atoms with Crippen LogP contribution >= 0.6 is 11.6 Å². The molecule has 0 saturated carbocycles. The summed E-state index contributed by atoms with van der Waals surface area (Å²) in [5, 5.41) is 2.62. The van der Waals surface area contributed by atoms with Crippen LogP contribution in [0.5, 0.6) is 5.75 Å². The van der Waals surface area contributed by atoms with E-state index in [-0.39, 0.29) is 53.7 Å². The van der Waals surface area contributed by atoms with Crippen molar-refractivity contribution in [1.29, 1.82) is 0 Å². The van der Waals surface area contributed by atoms with Gasteiger partial charge in [0.2, 0.25) is 10.0 Å². The molecule has 1 aromatic carbocycles. The number of halogens is 1. The second-order valence-electron chi connectivity index (χ2n) is 6.94. The zero-order valence-electron chi connectivity index (χ0n) is 16.0. The number of pyridine rings is 1. The van der Waals surface area contributed by atoms with Crippen molar-refractivity contribution in [2.45, 2.75) is 17.9 Å². The summed E-state index contributed by atoms with van der Waals surface area (Å²) in [6.07, 6.45) is 0.799. The van der Waals surface area contributed by atoms with Gasteiger partial charge in [0.15, 0.2) is 6.10 Å². The lowest BCUT2D eigenvalue weighted by molar-refractivity contribution is -0.122. The highest BCUT2D eigenvalue weighted by molar-refractivity contribution is 7.89. The number of hydrogen-bond donors (Lipinski definition) is 1. The van der Waals surface area contributed by atoms with Gasteiger partial charge in [0.05, 0.1) is 10.7 Å². The quantitative estimate of drug-likeness (QED) is 0.760. The van der Waals surface area contributed by atoms with E-state index < -0.39 is 16.1 Å². The van der Waals surface area contributed by atoms with Gasteiger partial charge in [-0.1, -0.05) is 17.7 Å². The van der Waals surface area contributed by atoms with E-state index in [0.717, 1.165) is 0 Å². The average Bonchev–Trinajstić information content (AvgIpc) is 2.74. The third-order valence-corrected chi connectivity index (χ3v) is 7.36. The Morgan fingerprint density at radius 3 is 2.63 bits per heavy atom. The van der Waals surface area contributed by atoms with E-state index in [2.05, 4.69) is 10.3 Å². The summed E-state index contributed by atoms with van der Waals surface area (Å²) in [6.45, 7) is 2.30. The van der Waals surface area contributed by atoms with Crippen LogP contribution in [-0.2, 0) is 14.8 Å². The highest BCUT2D eigenvalue weighted by atomic mass is 35.5. The van der Waals surface area contributed by atoms with Gasteiger partial charge in [-0.3, -0.25) is 14.6 Å². The Kier molecular flexibility index (Phi) is 5.39. The van der Waals surface area contributed by atoms with Gasteiger partial charge in [-0.25, -0.2) is 8.42 Å². The number of carbonyl (C=O) groups excluding carboxylic acids is 2. The first kappa shape index (κ1) is 20.6. The Morgan fingerprint density at radius 1 is 1.23 bits per heavy atom. The first-order valence-electron chi connectivity index (χ1n) is 9.29. The number of anilines is 1. The zero-order chi connectivity index (χ0) is 21.5. The highest BCUT2D eigenvalue weighted by Crippen LogP contribution is 2.38. The molecule has 0 bridgehead atoms. The summed E-state index contributed by atoms with van der Waals surface area (Å²) in [7, 11) is -3.92. The Bertz CT molecular complexity index is 1100. The minimum Gasteiger partial charge on any atom is -0.479 e. The van der Waals surface area contributed by atoms with E-state index in [0.29, 0.717) is 11.4 Å². The molecule has 0 unspecified atom stereocenters. The number of hydrogen-bond acceptors (Lipinski definition) is 6. The third kappa shape index (κ3) is 3.73. The van der Waals surface area contributed by atoms with Crippen molar-refractivity contribution in [2.24, 2.45) is 0 Å². The van der Waals surface area contributed by atoms with Crippen LogP contribution in [0.15, 0.2) is 41.4 Å². The van der Waals surface area contributed by atoms with Crippen molar-refractivity contribution < 1.29 is 22.7 Å². The largest absolute Gasteiger partial charge is 0.479 e. The molecule has 1 N–H and O–H groups in total. The second-order valence-corrected chi connectivity index (χ2v) is 9.25. The zero-order valence-corrected chi connectivity index (χ0v) is 17.6. The smallest absolute Gasteiger partial charge is 0.272 e. The van der Waals surface area contributed by atoms with Crippen LogP contribution in [0.1, 0.15) is 17.4 Å². The molecule has 1 atom stereocenters. The number of fused-ring (bicyclic) bond motifs is 1. The van der Waals surface area contributed by atoms with Crippen LogP contribution in [-0.4, -0.2) is 66.7 Å². The molecule has 2 aliphatic heterocycles. The molecular weight excluding hydrogens is 432 g/mol. The number of amides is 2. The highest BCUT2D eigenvalue weighted by Gasteiger charge is 2.34. The Labute approximate surface area is 178 Å². The predicted molar refractivity (Wildman–Crippen MR) is 109 cm³/mol. The number of sulfonamides is 1. The van der Waals surface area contributed by atoms with Gasteiger partial charge in [-0.2, -0.15) is 4.31 Å². The lowest BCUT2D eigenvalue weighted by atomic mass is 10.2. The van der Waals surface area contributed by atoms with Crippen molar-refractivity contribution in [3.05, 3.63) is 47.2 Å². The fourth-order valence-electron chi connectivity index (χ4n) is 3.33. The number of aromatic nitrogens is 1. The first-order chi connectivity index (χ1) is 14.3. The number of ether oxygens (including phenoxy) is 1. The lowest BCUT2D eigenvalue weighted by Crippen LogP contribution is -2.50. The number of carbonyl (C=O) groups is 2. The van der Waals surface area contributed by atoms with Gasteiger partial charge in [-0.05, 0) is 25.1 Å². The predicted octanol–water partition coefficient (Wildman–Crippen LogP) is 1.60. The molecule has 2 amide bonds. The van der Waals surface area contributed by atoms with Gasteiger partial charge in [-0.15, -0.1) is 0 Å². The number of nitrogens with one attached hydrogen (secondary N) is 1. The monoisotopic (exact) mass is 450 g/mol. The molecule has 2 aliphatic rings. The summed E-state index contributed by atoms with van der Waals surface area (Å²) >= 11 is 6.22. The molecule has 1 saturated heterocycles. The number of benzene rings is 1. The molecule has 0 radical (unpaired) electrons. The van der Waals surface area contributed by atoms with Crippen molar-refractivity contribution in [3.63, 3.8) is 0 Å². The van der Waals surface area contributed by atoms with Crippen LogP contribution in [0.3, 0.4) is 0 Å². The van der Waals surface area contributed by atoms with Crippen molar-refractivity contribution in [1.82, 2.24) is 14.2 Å². The summed E-state index contributed by atoms with van der Waals surface area (Å²) in [5.41, 5.74) is 0.646.